The molecule has 0 aliphatic rings. The molecule has 0 spiro atoms. The number of aliphatic hydroxyl groups excluding tert-OH is 1. The number of carbonyl (C=O) groups excluding carboxylic acids is 1. The molecule has 106 valence electrons. The number of hydrogen-bond acceptors (Lipinski definition) is 4. The SMILES string of the molecule is CSC(CO)C(C)NC(=O)[C@@H](N)Cc1ccccc1. The summed E-state index contributed by atoms with van der Waals surface area (Å²) >= 11 is 1.53. The molecule has 0 heterocycles. The van der Waals surface area contributed by atoms with Crippen LogP contribution in [0.5, 0.6) is 0 Å². The molecule has 3 atom stereocenters. The molecule has 4 nitrogen and oxygen atoms in total. The Morgan fingerprint density at radius 1 is 1.42 bits per heavy atom. The summed E-state index contributed by atoms with van der Waals surface area (Å²) in [6.45, 7) is 1.92. The predicted molar refractivity (Wildman–Crippen MR) is 80.1 cm³/mol. The summed E-state index contributed by atoms with van der Waals surface area (Å²) in [5.74, 6) is -0.177. The zero-order chi connectivity index (χ0) is 14.3. The Balaban J connectivity index is 2.49. The van der Waals surface area contributed by atoms with Gasteiger partial charge in [-0.25, -0.2) is 0 Å². The molecule has 1 rings (SSSR count). The summed E-state index contributed by atoms with van der Waals surface area (Å²) in [7, 11) is 0. The van der Waals surface area contributed by atoms with Crippen LogP contribution in [0.15, 0.2) is 30.3 Å². The van der Waals surface area contributed by atoms with Gasteiger partial charge in [0.25, 0.3) is 0 Å². The molecule has 1 aromatic rings. The van der Waals surface area contributed by atoms with Gasteiger partial charge in [-0.3, -0.25) is 4.79 Å². The Morgan fingerprint density at radius 3 is 2.58 bits per heavy atom. The number of carbonyl (C=O) groups is 1. The lowest BCUT2D eigenvalue weighted by atomic mass is 10.1. The molecule has 1 aromatic carbocycles. The maximum absolute atomic E-state index is 12.0. The van der Waals surface area contributed by atoms with E-state index in [-0.39, 0.29) is 23.8 Å². The highest BCUT2D eigenvalue weighted by Gasteiger charge is 2.21. The van der Waals surface area contributed by atoms with Gasteiger partial charge >= 0.3 is 0 Å². The molecule has 0 fully saturated rings. The minimum absolute atomic E-state index is 0.00660. The van der Waals surface area contributed by atoms with Gasteiger partial charge in [0.1, 0.15) is 0 Å². The molecular formula is C14H22N2O2S. The molecule has 5 heteroatoms. The van der Waals surface area contributed by atoms with Crippen molar-refractivity contribution in [3.05, 3.63) is 35.9 Å². The van der Waals surface area contributed by atoms with Crippen molar-refractivity contribution in [3.8, 4) is 0 Å². The zero-order valence-electron chi connectivity index (χ0n) is 11.4. The molecule has 4 N–H and O–H groups in total. The third kappa shape index (κ3) is 5.22. The van der Waals surface area contributed by atoms with E-state index in [1.54, 1.807) is 0 Å². The van der Waals surface area contributed by atoms with Crippen LogP contribution < -0.4 is 11.1 Å². The molecule has 0 saturated carbocycles. The molecule has 0 saturated heterocycles. The van der Waals surface area contributed by atoms with Crippen LogP contribution in [0.25, 0.3) is 0 Å². The average molecular weight is 282 g/mol. The maximum Gasteiger partial charge on any atom is 0.237 e. The summed E-state index contributed by atoms with van der Waals surface area (Å²) in [4.78, 5) is 12.0. The quantitative estimate of drug-likeness (QED) is 0.691. The van der Waals surface area contributed by atoms with Crippen molar-refractivity contribution in [1.29, 1.82) is 0 Å². The van der Waals surface area contributed by atoms with Gasteiger partial charge < -0.3 is 16.2 Å². The molecule has 0 aliphatic heterocycles. The molecule has 0 radical (unpaired) electrons. The number of amides is 1. The van der Waals surface area contributed by atoms with Gasteiger partial charge in [-0.1, -0.05) is 30.3 Å². The summed E-state index contributed by atoms with van der Waals surface area (Å²) in [5.41, 5.74) is 6.94. The van der Waals surface area contributed by atoms with Crippen LogP contribution in [0.1, 0.15) is 12.5 Å². The Labute approximate surface area is 118 Å². The van der Waals surface area contributed by atoms with Crippen LogP contribution in [0.4, 0.5) is 0 Å². The summed E-state index contributed by atoms with van der Waals surface area (Å²) in [5, 5.41) is 12.0. The fraction of sp³-hybridized carbons (Fsp3) is 0.500. The fourth-order valence-electron chi connectivity index (χ4n) is 1.82. The molecule has 1 amide bonds. The highest BCUT2D eigenvalue weighted by atomic mass is 32.2. The second-order valence-corrected chi connectivity index (χ2v) is 5.63. The first-order chi connectivity index (χ1) is 9.08. The van der Waals surface area contributed by atoms with E-state index in [0.29, 0.717) is 6.42 Å². The number of rotatable bonds is 7. The highest BCUT2D eigenvalue weighted by Crippen LogP contribution is 2.10. The standard InChI is InChI=1S/C14H22N2O2S/c1-10(13(9-17)19-2)16-14(18)12(15)8-11-6-4-3-5-7-11/h3-7,10,12-13,17H,8-9,15H2,1-2H3,(H,16,18)/t10?,12-,13?/m0/s1. The van der Waals surface area contributed by atoms with Gasteiger partial charge in [0.2, 0.25) is 5.91 Å². The minimum Gasteiger partial charge on any atom is -0.395 e. The second-order valence-electron chi connectivity index (χ2n) is 4.55. The average Bonchev–Trinajstić information content (AvgIpc) is 2.41. The summed E-state index contributed by atoms with van der Waals surface area (Å²) in [6.07, 6.45) is 2.43. The highest BCUT2D eigenvalue weighted by molar-refractivity contribution is 7.99. The van der Waals surface area contributed by atoms with E-state index in [9.17, 15) is 9.90 Å². The first kappa shape index (κ1) is 16.0. The van der Waals surface area contributed by atoms with E-state index in [0.717, 1.165) is 5.56 Å². The van der Waals surface area contributed by atoms with Crippen molar-refractivity contribution in [2.45, 2.75) is 30.7 Å². The van der Waals surface area contributed by atoms with Crippen molar-refractivity contribution in [2.75, 3.05) is 12.9 Å². The fourth-order valence-corrected chi connectivity index (χ4v) is 2.45. The molecule has 19 heavy (non-hydrogen) atoms. The molecular weight excluding hydrogens is 260 g/mol. The van der Waals surface area contributed by atoms with Crippen LogP contribution in [-0.4, -0.2) is 41.2 Å². The molecule has 2 unspecified atom stereocenters. The third-order valence-corrected chi connectivity index (χ3v) is 4.21. The number of nitrogens with one attached hydrogen (secondary N) is 1. The second kappa shape index (κ2) is 8.19. The topological polar surface area (TPSA) is 75.3 Å². The van der Waals surface area contributed by atoms with E-state index in [1.807, 2.05) is 43.5 Å². The minimum atomic E-state index is -0.564. The van der Waals surface area contributed by atoms with Crippen LogP contribution in [-0.2, 0) is 11.2 Å². The number of benzene rings is 1. The monoisotopic (exact) mass is 282 g/mol. The Morgan fingerprint density at radius 2 is 2.05 bits per heavy atom. The van der Waals surface area contributed by atoms with Crippen molar-refractivity contribution in [3.63, 3.8) is 0 Å². The number of nitrogens with two attached hydrogens (primary N) is 1. The van der Waals surface area contributed by atoms with Crippen LogP contribution in [0.3, 0.4) is 0 Å². The molecule has 0 aliphatic carbocycles. The largest absolute Gasteiger partial charge is 0.395 e. The van der Waals surface area contributed by atoms with Crippen LogP contribution in [0.2, 0.25) is 0 Å². The van der Waals surface area contributed by atoms with E-state index >= 15 is 0 Å². The third-order valence-electron chi connectivity index (χ3n) is 3.05. The van der Waals surface area contributed by atoms with Crippen molar-refractivity contribution >= 4 is 17.7 Å². The maximum atomic E-state index is 12.0. The molecule has 0 aromatic heterocycles. The van der Waals surface area contributed by atoms with Gasteiger partial charge in [-0.2, -0.15) is 11.8 Å². The normalized spacial score (nSPS) is 15.6. The zero-order valence-corrected chi connectivity index (χ0v) is 12.2. The van der Waals surface area contributed by atoms with E-state index in [1.165, 1.54) is 11.8 Å². The summed E-state index contributed by atoms with van der Waals surface area (Å²) in [6, 6.07) is 9.03. The predicted octanol–water partition coefficient (Wildman–Crippen LogP) is 0.785. The van der Waals surface area contributed by atoms with Gasteiger partial charge in [0.15, 0.2) is 0 Å². The lowest BCUT2D eigenvalue weighted by Crippen LogP contribution is -2.49. The smallest absolute Gasteiger partial charge is 0.237 e. The lowest BCUT2D eigenvalue weighted by Gasteiger charge is -2.23. The Bertz CT molecular complexity index is 382. The van der Waals surface area contributed by atoms with Crippen LogP contribution >= 0.6 is 11.8 Å². The lowest BCUT2D eigenvalue weighted by molar-refractivity contribution is -0.122. The Kier molecular flexibility index (Phi) is 6.91. The van der Waals surface area contributed by atoms with Crippen molar-refractivity contribution in [2.24, 2.45) is 5.73 Å². The van der Waals surface area contributed by atoms with Crippen molar-refractivity contribution in [1.82, 2.24) is 5.32 Å². The van der Waals surface area contributed by atoms with Crippen molar-refractivity contribution < 1.29 is 9.90 Å². The van der Waals surface area contributed by atoms with E-state index < -0.39 is 6.04 Å². The number of thioether (sulfide) groups is 1. The summed E-state index contributed by atoms with van der Waals surface area (Å²) < 4.78 is 0. The van der Waals surface area contributed by atoms with Gasteiger partial charge in [-0.15, -0.1) is 0 Å². The molecule has 0 bridgehead atoms. The number of hydrogen-bond donors (Lipinski definition) is 3. The Hall–Kier alpha value is -1.04. The van der Waals surface area contributed by atoms with Gasteiger partial charge in [0, 0.05) is 11.3 Å². The number of aliphatic hydroxyl groups is 1. The first-order valence-corrected chi connectivity index (χ1v) is 7.60. The van der Waals surface area contributed by atoms with Crippen LogP contribution in [0, 0.1) is 0 Å². The van der Waals surface area contributed by atoms with Gasteiger partial charge in [-0.05, 0) is 25.2 Å². The van der Waals surface area contributed by atoms with E-state index in [4.69, 9.17) is 5.73 Å². The van der Waals surface area contributed by atoms with E-state index in [2.05, 4.69) is 5.32 Å². The van der Waals surface area contributed by atoms with Gasteiger partial charge in [0.05, 0.1) is 12.6 Å². The first-order valence-electron chi connectivity index (χ1n) is 6.32.